The van der Waals surface area contributed by atoms with Crippen LogP contribution in [0.4, 0.5) is 10.2 Å². The zero-order valence-corrected chi connectivity index (χ0v) is 16.4. The minimum atomic E-state index is -0.285. The van der Waals surface area contributed by atoms with E-state index in [1.54, 1.807) is 23.0 Å². The van der Waals surface area contributed by atoms with Gasteiger partial charge in [0.05, 0.1) is 17.9 Å². The fourth-order valence-electron chi connectivity index (χ4n) is 3.62. The highest BCUT2D eigenvalue weighted by Gasteiger charge is 2.34. The lowest BCUT2D eigenvalue weighted by molar-refractivity contribution is -0.125. The Morgan fingerprint density at radius 2 is 2.00 bits per heavy atom. The van der Waals surface area contributed by atoms with E-state index in [0.717, 1.165) is 28.2 Å². The number of fused-ring (bicyclic) bond motifs is 1. The van der Waals surface area contributed by atoms with Gasteiger partial charge in [-0.2, -0.15) is 5.10 Å². The molecule has 8 nitrogen and oxygen atoms in total. The fourth-order valence-corrected chi connectivity index (χ4v) is 3.62. The Morgan fingerprint density at radius 3 is 2.73 bits per heavy atom. The summed E-state index contributed by atoms with van der Waals surface area (Å²) in [4.78, 5) is 23.3. The third-order valence-corrected chi connectivity index (χ3v) is 5.32. The fraction of sp³-hybridized carbons (Fsp3) is 0.238. The Labute approximate surface area is 172 Å². The summed E-state index contributed by atoms with van der Waals surface area (Å²) < 4.78 is 16.7. The van der Waals surface area contributed by atoms with E-state index in [1.807, 2.05) is 30.1 Å². The standard InChI is InChI=1S/C21H20FN7O/c1-27-11-18(25-13-27)15-6-19-20(24-12-26-29(19)10-15)28-8-16(9-28)21(30)23-7-14-2-4-17(22)5-3-14/h2-6,10-13,16H,7-9H2,1H3,(H,23,30). The number of aromatic nitrogens is 5. The average molecular weight is 405 g/mol. The maximum absolute atomic E-state index is 13.0. The molecule has 4 aromatic rings. The van der Waals surface area contributed by atoms with Crippen LogP contribution in [0.2, 0.25) is 0 Å². The van der Waals surface area contributed by atoms with Crippen LogP contribution in [0.3, 0.4) is 0 Å². The molecule has 0 saturated carbocycles. The molecule has 152 valence electrons. The molecule has 1 fully saturated rings. The molecule has 0 spiro atoms. The number of halogens is 1. The number of rotatable bonds is 5. The summed E-state index contributed by atoms with van der Waals surface area (Å²) in [6.07, 6.45) is 7.16. The van der Waals surface area contributed by atoms with Gasteiger partial charge in [0.15, 0.2) is 5.82 Å². The number of imidazole rings is 1. The molecule has 30 heavy (non-hydrogen) atoms. The van der Waals surface area contributed by atoms with Crippen molar-refractivity contribution in [1.82, 2.24) is 29.5 Å². The molecule has 4 heterocycles. The summed E-state index contributed by atoms with van der Waals surface area (Å²) in [5, 5.41) is 7.22. The monoisotopic (exact) mass is 405 g/mol. The molecule has 1 N–H and O–H groups in total. The number of amides is 1. The molecule has 0 unspecified atom stereocenters. The number of benzene rings is 1. The Morgan fingerprint density at radius 1 is 1.20 bits per heavy atom. The first kappa shape index (κ1) is 18.3. The van der Waals surface area contributed by atoms with Crippen LogP contribution in [0, 0.1) is 11.7 Å². The van der Waals surface area contributed by atoms with Crippen molar-refractivity contribution >= 4 is 17.2 Å². The highest BCUT2D eigenvalue weighted by atomic mass is 19.1. The van der Waals surface area contributed by atoms with E-state index >= 15 is 0 Å². The van der Waals surface area contributed by atoms with Crippen LogP contribution >= 0.6 is 0 Å². The van der Waals surface area contributed by atoms with Crippen molar-refractivity contribution in [2.45, 2.75) is 6.54 Å². The van der Waals surface area contributed by atoms with E-state index in [1.165, 1.54) is 18.5 Å². The van der Waals surface area contributed by atoms with Gasteiger partial charge in [-0.3, -0.25) is 4.79 Å². The van der Waals surface area contributed by atoms with Gasteiger partial charge in [0.1, 0.15) is 17.7 Å². The van der Waals surface area contributed by atoms with E-state index in [9.17, 15) is 9.18 Å². The van der Waals surface area contributed by atoms with Crippen LogP contribution in [0.15, 0.2) is 55.4 Å². The number of carbonyl (C=O) groups excluding carboxylic acids is 1. The zero-order valence-electron chi connectivity index (χ0n) is 16.4. The van der Waals surface area contributed by atoms with Gasteiger partial charge in [-0.1, -0.05) is 12.1 Å². The molecule has 0 atom stereocenters. The van der Waals surface area contributed by atoms with Crippen molar-refractivity contribution in [2.24, 2.45) is 13.0 Å². The number of carbonyl (C=O) groups is 1. The Kier molecular flexibility index (Phi) is 4.42. The average Bonchev–Trinajstić information content (AvgIpc) is 3.33. The largest absolute Gasteiger partial charge is 0.353 e. The number of anilines is 1. The summed E-state index contributed by atoms with van der Waals surface area (Å²) >= 11 is 0. The molecule has 1 aliphatic heterocycles. The molecule has 1 aromatic carbocycles. The lowest BCUT2D eigenvalue weighted by Crippen LogP contribution is -2.54. The molecule has 9 heteroatoms. The number of hydrogen-bond acceptors (Lipinski definition) is 5. The van der Waals surface area contributed by atoms with Gasteiger partial charge in [0, 0.05) is 44.6 Å². The van der Waals surface area contributed by atoms with E-state index < -0.39 is 0 Å². The van der Waals surface area contributed by atoms with E-state index in [2.05, 4.69) is 25.3 Å². The molecule has 1 saturated heterocycles. The minimum Gasteiger partial charge on any atom is -0.353 e. The second-order valence-corrected chi connectivity index (χ2v) is 7.51. The third kappa shape index (κ3) is 3.38. The summed E-state index contributed by atoms with van der Waals surface area (Å²) in [5.41, 5.74) is 3.58. The van der Waals surface area contributed by atoms with E-state index in [4.69, 9.17) is 0 Å². The number of hydrogen-bond donors (Lipinski definition) is 1. The second kappa shape index (κ2) is 7.25. The molecule has 0 aliphatic carbocycles. The molecule has 0 radical (unpaired) electrons. The molecule has 5 rings (SSSR count). The topological polar surface area (TPSA) is 80.3 Å². The van der Waals surface area contributed by atoms with Crippen molar-refractivity contribution in [3.05, 3.63) is 66.8 Å². The van der Waals surface area contributed by atoms with Crippen molar-refractivity contribution in [3.8, 4) is 11.3 Å². The van der Waals surface area contributed by atoms with Crippen LogP contribution < -0.4 is 10.2 Å². The highest BCUT2D eigenvalue weighted by Crippen LogP contribution is 2.29. The molecule has 0 bridgehead atoms. The second-order valence-electron chi connectivity index (χ2n) is 7.51. The van der Waals surface area contributed by atoms with Crippen LogP contribution in [0.5, 0.6) is 0 Å². The van der Waals surface area contributed by atoms with Crippen molar-refractivity contribution < 1.29 is 9.18 Å². The van der Waals surface area contributed by atoms with Gasteiger partial charge in [0.2, 0.25) is 5.91 Å². The van der Waals surface area contributed by atoms with Crippen LogP contribution in [0.25, 0.3) is 16.8 Å². The number of nitrogens with one attached hydrogen (secondary N) is 1. The lowest BCUT2D eigenvalue weighted by atomic mass is 9.99. The quantitative estimate of drug-likeness (QED) is 0.550. The molecule has 1 aliphatic rings. The first-order valence-electron chi connectivity index (χ1n) is 9.65. The number of aryl methyl sites for hydroxylation is 1. The van der Waals surface area contributed by atoms with Crippen LogP contribution in [0.1, 0.15) is 5.56 Å². The van der Waals surface area contributed by atoms with Crippen LogP contribution in [-0.2, 0) is 18.4 Å². The maximum Gasteiger partial charge on any atom is 0.226 e. The first-order valence-corrected chi connectivity index (χ1v) is 9.65. The van der Waals surface area contributed by atoms with E-state index in [0.29, 0.717) is 19.6 Å². The van der Waals surface area contributed by atoms with Gasteiger partial charge >= 0.3 is 0 Å². The van der Waals surface area contributed by atoms with Gasteiger partial charge in [-0.25, -0.2) is 18.9 Å². The SMILES string of the molecule is Cn1cnc(-c2cc3c(N4CC(C(=O)NCc5ccc(F)cc5)C4)ncnn3c2)c1. The smallest absolute Gasteiger partial charge is 0.226 e. The Balaban J connectivity index is 1.25. The molecular formula is C21H20FN7O. The zero-order chi connectivity index (χ0) is 20.7. The van der Waals surface area contributed by atoms with Gasteiger partial charge < -0.3 is 14.8 Å². The highest BCUT2D eigenvalue weighted by molar-refractivity contribution is 5.84. The predicted octanol–water partition coefficient (Wildman–Crippen LogP) is 2.02. The van der Waals surface area contributed by atoms with Crippen molar-refractivity contribution in [2.75, 3.05) is 18.0 Å². The summed E-state index contributed by atoms with van der Waals surface area (Å²) in [7, 11) is 1.93. The Bertz CT molecular complexity index is 1210. The molecule has 1 amide bonds. The third-order valence-electron chi connectivity index (χ3n) is 5.32. The minimum absolute atomic E-state index is 0.00907. The van der Waals surface area contributed by atoms with Crippen molar-refractivity contribution in [1.29, 1.82) is 0 Å². The maximum atomic E-state index is 13.0. The molecular weight excluding hydrogens is 385 g/mol. The van der Waals surface area contributed by atoms with Gasteiger partial charge in [-0.05, 0) is 23.8 Å². The number of nitrogens with zero attached hydrogens (tertiary/aromatic N) is 6. The molecule has 3 aromatic heterocycles. The predicted molar refractivity (Wildman–Crippen MR) is 109 cm³/mol. The summed E-state index contributed by atoms with van der Waals surface area (Å²) in [6.45, 7) is 1.57. The van der Waals surface area contributed by atoms with E-state index in [-0.39, 0.29) is 17.6 Å². The lowest BCUT2D eigenvalue weighted by Gasteiger charge is -2.39. The summed E-state index contributed by atoms with van der Waals surface area (Å²) in [5.74, 6) is 0.401. The first-order chi connectivity index (χ1) is 14.6. The Hall–Kier alpha value is -3.75. The summed E-state index contributed by atoms with van der Waals surface area (Å²) in [6, 6.07) is 8.14. The van der Waals surface area contributed by atoms with Crippen LogP contribution in [-0.4, -0.2) is 43.1 Å². The van der Waals surface area contributed by atoms with Gasteiger partial charge in [-0.15, -0.1) is 0 Å². The normalized spacial score (nSPS) is 14.1. The van der Waals surface area contributed by atoms with Crippen molar-refractivity contribution in [3.63, 3.8) is 0 Å². The van der Waals surface area contributed by atoms with Gasteiger partial charge in [0.25, 0.3) is 0 Å².